The second kappa shape index (κ2) is 16.7. The van der Waals surface area contributed by atoms with E-state index in [0.717, 1.165) is 44.8 Å². The van der Waals surface area contributed by atoms with Gasteiger partial charge in [-0.3, -0.25) is 0 Å². The van der Waals surface area contributed by atoms with E-state index in [-0.39, 0.29) is 11.8 Å². The minimum Gasteiger partial charge on any atom is -0.372 e. The van der Waals surface area contributed by atoms with Crippen molar-refractivity contribution in [3.05, 3.63) is 144 Å². The van der Waals surface area contributed by atoms with Crippen LogP contribution in [0.4, 0.5) is 17.1 Å². The van der Waals surface area contributed by atoms with Crippen molar-refractivity contribution in [2.24, 2.45) is 5.92 Å². The van der Waals surface area contributed by atoms with Crippen LogP contribution in [0.15, 0.2) is 127 Å². The van der Waals surface area contributed by atoms with Gasteiger partial charge in [-0.05, 0) is 106 Å². The molecule has 0 N–H and O–H groups in total. The molecular formula is C42H53N3. The first-order valence-corrected chi connectivity index (χ1v) is 16.9. The molecule has 0 spiro atoms. The third kappa shape index (κ3) is 8.48. The molecule has 0 aromatic heterocycles. The summed E-state index contributed by atoms with van der Waals surface area (Å²) < 4.78 is 0. The molecule has 4 rings (SSSR count). The topological polar surface area (TPSA) is 9.72 Å². The van der Waals surface area contributed by atoms with Crippen LogP contribution in [-0.2, 0) is 0 Å². The van der Waals surface area contributed by atoms with E-state index in [0.29, 0.717) is 0 Å². The lowest BCUT2D eigenvalue weighted by atomic mass is 9.82. The SMILES string of the molecule is C=C1C=CC(C(/C=C/C=C(c2ccc(N(CC)CC)cc2)c2ccc(N(CC)CC)cc2)c2ccc(N(CC)CC)cc2)C=C1. The number of hydrogen-bond acceptors (Lipinski definition) is 3. The molecular weight excluding hydrogens is 546 g/mol. The zero-order valence-electron chi connectivity index (χ0n) is 28.4. The number of hydrogen-bond donors (Lipinski definition) is 0. The van der Waals surface area contributed by atoms with Crippen molar-refractivity contribution in [1.29, 1.82) is 0 Å². The minimum atomic E-state index is 0.212. The largest absolute Gasteiger partial charge is 0.372 e. The summed E-state index contributed by atoms with van der Waals surface area (Å²) in [4.78, 5) is 7.18. The Labute approximate surface area is 273 Å². The number of benzene rings is 3. The summed E-state index contributed by atoms with van der Waals surface area (Å²) in [6.07, 6.45) is 15.8. The Morgan fingerprint density at radius 2 is 0.978 bits per heavy atom. The molecule has 0 amide bonds. The Bertz CT molecular complexity index is 1390. The zero-order chi connectivity index (χ0) is 32.2. The quantitative estimate of drug-likeness (QED) is 0.161. The van der Waals surface area contributed by atoms with E-state index < -0.39 is 0 Å². The molecule has 0 saturated carbocycles. The van der Waals surface area contributed by atoms with E-state index in [2.05, 4.69) is 178 Å². The molecule has 0 saturated heterocycles. The van der Waals surface area contributed by atoms with E-state index in [1.165, 1.54) is 39.3 Å². The highest BCUT2D eigenvalue weighted by atomic mass is 15.1. The first-order chi connectivity index (χ1) is 22.0. The Morgan fingerprint density at radius 1 is 0.600 bits per heavy atom. The van der Waals surface area contributed by atoms with Gasteiger partial charge in [0.2, 0.25) is 0 Å². The van der Waals surface area contributed by atoms with Crippen LogP contribution in [0, 0.1) is 5.92 Å². The molecule has 0 radical (unpaired) electrons. The molecule has 0 aliphatic heterocycles. The predicted octanol–water partition coefficient (Wildman–Crippen LogP) is 10.3. The van der Waals surface area contributed by atoms with E-state index in [4.69, 9.17) is 0 Å². The number of allylic oxidation sites excluding steroid dienone is 8. The van der Waals surface area contributed by atoms with E-state index in [9.17, 15) is 0 Å². The average Bonchev–Trinajstić information content (AvgIpc) is 3.08. The van der Waals surface area contributed by atoms with Crippen molar-refractivity contribution in [3.8, 4) is 0 Å². The van der Waals surface area contributed by atoms with Crippen molar-refractivity contribution < 1.29 is 0 Å². The standard InChI is InChI=1S/C42H53N3/c1-8-43(9-2)38-27-21-35(22-28-38)41(34-19-17-33(7)18-20-34)15-14-16-42(36-23-29-39(30-24-36)44(10-3)11-4)37-25-31-40(32-26-37)45(12-5)13-6/h14-32,34,41H,7-13H2,1-6H3/b15-14+. The van der Waals surface area contributed by atoms with Gasteiger partial charge in [0.25, 0.3) is 0 Å². The van der Waals surface area contributed by atoms with E-state index >= 15 is 0 Å². The molecule has 236 valence electrons. The van der Waals surface area contributed by atoms with Crippen LogP contribution in [-0.4, -0.2) is 39.3 Å². The second-order valence-electron chi connectivity index (χ2n) is 11.6. The van der Waals surface area contributed by atoms with Gasteiger partial charge in [0.1, 0.15) is 0 Å². The third-order valence-electron chi connectivity index (χ3n) is 9.08. The molecule has 0 bridgehead atoms. The van der Waals surface area contributed by atoms with Gasteiger partial charge in [-0.2, -0.15) is 0 Å². The highest BCUT2D eigenvalue weighted by Gasteiger charge is 2.18. The van der Waals surface area contributed by atoms with Gasteiger partial charge in [-0.25, -0.2) is 0 Å². The van der Waals surface area contributed by atoms with Crippen LogP contribution in [0.25, 0.3) is 5.57 Å². The summed E-state index contributed by atoms with van der Waals surface area (Å²) in [7, 11) is 0. The van der Waals surface area contributed by atoms with Gasteiger partial charge in [-0.1, -0.05) is 85.5 Å². The average molecular weight is 600 g/mol. The molecule has 45 heavy (non-hydrogen) atoms. The van der Waals surface area contributed by atoms with Gasteiger partial charge in [0.05, 0.1) is 0 Å². The summed E-state index contributed by atoms with van der Waals surface area (Å²) in [5.74, 6) is 0.480. The van der Waals surface area contributed by atoms with Crippen molar-refractivity contribution in [2.75, 3.05) is 54.0 Å². The Balaban J connectivity index is 1.73. The maximum atomic E-state index is 4.13. The fraction of sp³-hybridized carbons (Fsp3) is 0.333. The minimum absolute atomic E-state index is 0.212. The van der Waals surface area contributed by atoms with E-state index in [1.54, 1.807) is 0 Å². The molecule has 1 unspecified atom stereocenters. The lowest BCUT2D eigenvalue weighted by Crippen LogP contribution is -2.21. The predicted molar refractivity (Wildman–Crippen MR) is 200 cm³/mol. The summed E-state index contributed by atoms with van der Waals surface area (Å²) in [5, 5.41) is 0. The second-order valence-corrected chi connectivity index (χ2v) is 11.6. The molecule has 0 fully saturated rings. The number of nitrogens with zero attached hydrogens (tertiary/aromatic N) is 3. The van der Waals surface area contributed by atoms with Crippen LogP contribution >= 0.6 is 0 Å². The smallest absolute Gasteiger partial charge is 0.0366 e. The van der Waals surface area contributed by atoms with Gasteiger partial charge in [-0.15, -0.1) is 0 Å². The summed E-state index contributed by atoms with van der Waals surface area (Å²) in [6, 6.07) is 27.3. The normalized spacial score (nSPS) is 13.7. The first kappa shape index (κ1) is 33.6. The highest BCUT2D eigenvalue weighted by molar-refractivity contribution is 5.82. The molecule has 3 aromatic rings. The summed E-state index contributed by atoms with van der Waals surface area (Å²) >= 11 is 0. The van der Waals surface area contributed by atoms with Crippen LogP contribution in [0.2, 0.25) is 0 Å². The molecule has 3 heteroatoms. The molecule has 3 aromatic carbocycles. The monoisotopic (exact) mass is 599 g/mol. The lowest BCUT2D eigenvalue weighted by molar-refractivity contribution is 0.702. The molecule has 1 aliphatic rings. The number of rotatable bonds is 15. The molecule has 1 atom stereocenters. The van der Waals surface area contributed by atoms with Crippen LogP contribution in [0.3, 0.4) is 0 Å². The Kier molecular flexibility index (Phi) is 12.5. The third-order valence-corrected chi connectivity index (χ3v) is 9.08. The Hall–Kier alpha value is -4.24. The molecule has 1 aliphatic carbocycles. The maximum Gasteiger partial charge on any atom is 0.0366 e. The fourth-order valence-corrected chi connectivity index (χ4v) is 6.30. The lowest BCUT2D eigenvalue weighted by Gasteiger charge is -2.24. The Morgan fingerprint density at radius 3 is 1.36 bits per heavy atom. The van der Waals surface area contributed by atoms with Gasteiger partial charge < -0.3 is 14.7 Å². The summed E-state index contributed by atoms with van der Waals surface area (Å²) in [6.45, 7) is 23.4. The number of anilines is 3. The van der Waals surface area contributed by atoms with E-state index in [1.807, 2.05) is 0 Å². The van der Waals surface area contributed by atoms with Gasteiger partial charge >= 0.3 is 0 Å². The first-order valence-electron chi connectivity index (χ1n) is 16.9. The van der Waals surface area contributed by atoms with Crippen molar-refractivity contribution >= 4 is 22.6 Å². The van der Waals surface area contributed by atoms with Crippen molar-refractivity contribution in [2.45, 2.75) is 47.5 Å². The highest BCUT2D eigenvalue weighted by Crippen LogP contribution is 2.33. The fourth-order valence-electron chi connectivity index (χ4n) is 6.30. The van der Waals surface area contributed by atoms with Crippen LogP contribution in [0.1, 0.15) is 64.2 Å². The molecule has 3 nitrogen and oxygen atoms in total. The van der Waals surface area contributed by atoms with Crippen molar-refractivity contribution in [3.63, 3.8) is 0 Å². The van der Waals surface area contributed by atoms with Gasteiger partial charge in [0, 0.05) is 68.2 Å². The molecule has 0 heterocycles. The van der Waals surface area contributed by atoms with Crippen LogP contribution in [0.5, 0.6) is 0 Å². The van der Waals surface area contributed by atoms with Crippen molar-refractivity contribution in [1.82, 2.24) is 0 Å². The van der Waals surface area contributed by atoms with Crippen LogP contribution < -0.4 is 14.7 Å². The maximum absolute atomic E-state index is 4.13. The van der Waals surface area contributed by atoms with Gasteiger partial charge in [0.15, 0.2) is 0 Å². The summed E-state index contributed by atoms with van der Waals surface area (Å²) in [5.41, 5.74) is 9.84. The zero-order valence-corrected chi connectivity index (χ0v) is 28.4.